The maximum atomic E-state index is 11.6. The van der Waals surface area contributed by atoms with Crippen molar-refractivity contribution in [2.75, 3.05) is 25.1 Å². The van der Waals surface area contributed by atoms with Gasteiger partial charge < -0.3 is 25.3 Å². The first-order valence-electron chi connectivity index (χ1n) is 12.6. The number of benzene rings is 1. The van der Waals surface area contributed by atoms with Gasteiger partial charge in [-0.25, -0.2) is 9.78 Å². The van der Waals surface area contributed by atoms with E-state index in [0.717, 1.165) is 42.8 Å². The monoisotopic (exact) mass is 517 g/mol. The molecule has 36 heavy (non-hydrogen) atoms. The Balaban J connectivity index is 1.68. The number of anilines is 1. The molecule has 1 fully saturated rings. The Morgan fingerprint density at radius 3 is 2.61 bits per heavy atom. The first-order valence-corrected chi connectivity index (χ1v) is 13.0. The van der Waals surface area contributed by atoms with Crippen molar-refractivity contribution in [2.24, 2.45) is 17.1 Å². The Hall–Kier alpha value is -2.51. The minimum Gasteiger partial charge on any atom is -0.488 e. The summed E-state index contributed by atoms with van der Waals surface area (Å²) in [7, 11) is 0. The summed E-state index contributed by atoms with van der Waals surface area (Å²) in [5.41, 5.74) is 6.62. The summed E-state index contributed by atoms with van der Waals surface area (Å²) in [5, 5.41) is 3.93. The minimum absolute atomic E-state index is 0.149. The maximum absolute atomic E-state index is 11.6. The van der Waals surface area contributed by atoms with Crippen LogP contribution in [0.5, 0.6) is 5.75 Å². The van der Waals surface area contributed by atoms with Gasteiger partial charge in [0.25, 0.3) is 0 Å². The molecule has 0 spiro atoms. The number of pyridine rings is 1. The zero-order valence-corrected chi connectivity index (χ0v) is 22.9. The third kappa shape index (κ3) is 8.86. The van der Waals surface area contributed by atoms with E-state index < -0.39 is 11.7 Å². The third-order valence-corrected chi connectivity index (χ3v) is 6.45. The molecule has 2 heterocycles. The molecule has 3 rings (SSSR count). The van der Waals surface area contributed by atoms with Crippen LogP contribution in [0.4, 0.5) is 10.6 Å². The van der Waals surface area contributed by atoms with Crippen molar-refractivity contribution in [3.63, 3.8) is 0 Å². The lowest BCUT2D eigenvalue weighted by Crippen LogP contribution is -2.41. The number of primary amides is 1. The topological polar surface area (TPSA) is 95.7 Å². The largest absolute Gasteiger partial charge is 0.488 e. The molecule has 0 aliphatic carbocycles. The molecule has 1 aromatic carbocycles. The zero-order chi connectivity index (χ0) is 26.3. The second kappa shape index (κ2) is 12.2. The molecular formula is C28H40ClN3O4. The summed E-state index contributed by atoms with van der Waals surface area (Å²) >= 11 is 6.60. The van der Waals surface area contributed by atoms with Gasteiger partial charge in [0.15, 0.2) is 0 Å². The van der Waals surface area contributed by atoms with Gasteiger partial charge in [0.05, 0.1) is 17.7 Å². The molecular weight excluding hydrogens is 478 g/mol. The van der Waals surface area contributed by atoms with Crippen molar-refractivity contribution in [1.82, 2.24) is 4.98 Å². The second-order valence-electron chi connectivity index (χ2n) is 11.4. The van der Waals surface area contributed by atoms with Crippen LogP contribution in [0.1, 0.15) is 60.3 Å². The Kier molecular flexibility index (Phi) is 9.47. The predicted octanol–water partition coefficient (Wildman–Crippen LogP) is 6.69. The van der Waals surface area contributed by atoms with Crippen LogP contribution in [-0.2, 0) is 9.47 Å². The van der Waals surface area contributed by atoms with E-state index in [9.17, 15) is 4.79 Å². The molecule has 0 saturated carbocycles. The van der Waals surface area contributed by atoms with Gasteiger partial charge in [-0.1, -0.05) is 45.4 Å². The summed E-state index contributed by atoms with van der Waals surface area (Å²) in [6.07, 6.45) is 4.70. The average Bonchev–Trinajstić information content (AvgIpc) is 2.77. The van der Waals surface area contributed by atoms with E-state index in [0.29, 0.717) is 29.7 Å². The third-order valence-electron chi connectivity index (χ3n) is 6.16. The molecule has 1 amide bonds. The Labute approximate surface area is 220 Å². The van der Waals surface area contributed by atoms with Gasteiger partial charge in [-0.3, -0.25) is 0 Å². The van der Waals surface area contributed by atoms with E-state index in [1.807, 2.05) is 37.3 Å². The van der Waals surface area contributed by atoms with E-state index in [4.69, 9.17) is 31.5 Å². The molecule has 2 aromatic rings. The van der Waals surface area contributed by atoms with Crippen LogP contribution in [0.15, 0.2) is 36.5 Å². The summed E-state index contributed by atoms with van der Waals surface area (Å²) in [6.45, 7) is 12.2. The van der Waals surface area contributed by atoms with Crippen LogP contribution in [0.25, 0.3) is 11.1 Å². The van der Waals surface area contributed by atoms with Crippen LogP contribution < -0.4 is 15.8 Å². The number of hydrogen-bond acceptors (Lipinski definition) is 6. The van der Waals surface area contributed by atoms with Crippen LogP contribution in [0, 0.1) is 11.3 Å². The lowest BCUT2D eigenvalue weighted by Gasteiger charge is -2.33. The number of nitrogens with zero attached hydrogens (tertiary/aromatic N) is 1. The summed E-state index contributed by atoms with van der Waals surface area (Å²) < 4.78 is 17.1. The normalized spacial score (nSPS) is 18.7. The van der Waals surface area contributed by atoms with E-state index in [1.165, 1.54) is 0 Å². The molecule has 8 heteroatoms. The fourth-order valence-corrected chi connectivity index (χ4v) is 5.24. The number of aromatic nitrogens is 1. The number of ether oxygens (including phenoxy) is 3. The quantitative estimate of drug-likeness (QED) is 0.364. The number of hydrogen-bond donors (Lipinski definition) is 2. The maximum Gasteiger partial charge on any atom is 0.405 e. The van der Waals surface area contributed by atoms with E-state index in [-0.39, 0.29) is 18.1 Å². The standard InChI is InChI=1S/C28H40ClN3O4/c1-19(15-27(2,3)4)16-28(5,36-26(30)33)18-35-24-9-8-20(13-23(24)29)21-10-11-31-25(14-21)32-22-7-6-12-34-17-22/h8-11,13-14,19,22H,6-7,12,15-18H2,1-5H3,(H2,30,33)(H,31,32)/t19-,22-,28-/m0/s1. The van der Waals surface area contributed by atoms with Gasteiger partial charge in [0, 0.05) is 12.8 Å². The molecule has 1 aliphatic rings. The molecule has 7 nitrogen and oxygen atoms in total. The summed E-state index contributed by atoms with van der Waals surface area (Å²) in [4.78, 5) is 16.1. The molecule has 3 atom stereocenters. The highest BCUT2D eigenvalue weighted by Gasteiger charge is 2.33. The number of rotatable bonds is 10. The lowest BCUT2D eigenvalue weighted by molar-refractivity contribution is -0.0230. The van der Waals surface area contributed by atoms with Gasteiger partial charge in [0.1, 0.15) is 23.8 Å². The Morgan fingerprint density at radius 2 is 1.97 bits per heavy atom. The number of amides is 1. The van der Waals surface area contributed by atoms with Gasteiger partial charge >= 0.3 is 6.09 Å². The van der Waals surface area contributed by atoms with E-state index in [1.54, 1.807) is 6.20 Å². The van der Waals surface area contributed by atoms with Crippen LogP contribution in [0.2, 0.25) is 5.02 Å². The molecule has 198 valence electrons. The van der Waals surface area contributed by atoms with E-state index in [2.05, 4.69) is 38.0 Å². The van der Waals surface area contributed by atoms with Crippen molar-refractivity contribution in [3.05, 3.63) is 41.6 Å². The van der Waals surface area contributed by atoms with Gasteiger partial charge in [-0.2, -0.15) is 0 Å². The predicted molar refractivity (Wildman–Crippen MR) is 145 cm³/mol. The number of carbonyl (C=O) groups is 1. The van der Waals surface area contributed by atoms with Crippen molar-refractivity contribution >= 4 is 23.5 Å². The highest BCUT2D eigenvalue weighted by molar-refractivity contribution is 6.32. The SMILES string of the molecule is C[C@@H](CC(C)(C)C)C[C@@](C)(COc1ccc(-c2ccnc(N[C@H]3CCCOC3)c2)cc1Cl)OC(N)=O. The van der Waals surface area contributed by atoms with Crippen LogP contribution in [0.3, 0.4) is 0 Å². The first kappa shape index (κ1) is 28.1. The number of carbonyl (C=O) groups excluding carboxylic acids is 1. The van der Waals surface area contributed by atoms with Crippen molar-refractivity contribution in [2.45, 2.75) is 71.9 Å². The van der Waals surface area contributed by atoms with Crippen molar-refractivity contribution in [3.8, 4) is 16.9 Å². The summed E-state index contributed by atoms with van der Waals surface area (Å²) in [5.74, 6) is 1.64. The molecule has 3 N–H and O–H groups in total. The zero-order valence-electron chi connectivity index (χ0n) is 22.1. The van der Waals surface area contributed by atoms with Gasteiger partial charge in [0.2, 0.25) is 0 Å². The number of halogens is 1. The van der Waals surface area contributed by atoms with E-state index >= 15 is 0 Å². The average molecular weight is 518 g/mol. The first-order chi connectivity index (χ1) is 16.9. The Morgan fingerprint density at radius 1 is 1.22 bits per heavy atom. The highest BCUT2D eigenvalue weighted by Crippen LogP contribution is 2.34. The minimum atomic E-state index is -0.868. The molecule has 0 bridgehead atoms. The fraction of sp³-hybridized carbons (Fsp3) is 0.571. The summed E-state index contributed by atoms with van der Waals surface area (Å²) in [6, 6.07) is 9.89. The van der Waals surface area contributed by atoms with Gasteiger partial charge in [-0.05, 0) is 79.3 Å². The molecule has 1 aliphatic heterocycles. The molecule has 0 radical (unpaired) electrons. The van der Waals surface area contributed by atoms with Crippen LogP contribution in [-0.4, -0.2) is 42.5 Å². The smallest absolute Gasteiger partial charge is 0.405 e. The van der Waals surface area contributed by atoms with Crippen molar-refractivity contribution in [1.29, 1.82) is 0 Å². The second-order valence-corrected chi connectivity index (χ2v) is 11.8. The molecule has 1 aromatic heterocycles. The molecule has 1 saturated heterocycles. The van der Waals surface area contributed by atoms with Crippen molar-refractivity contribution < 1.29 is 19.0 Å². The molecule has 0 unspecified atom stereocenters. The highest BCUT2D eigenvalue weighted by atomic mass is 35.5. The van der Waals surface area contributed by atoms with Crippen LogP contribution >= 0.6 is 11.6 Å². The lowest BCUT2D eigenvalue weighted by atomic mass is 9.81. The van der Waals surface area contributed by atoms with Gasteiger partial charge in [-0.15, -0.1) is 0 Å². The Bertz CT molecular complexity index is 1020. The number of nitrogens with one attached hydrogen (secondary N) is 1. The number of nitrogens with two attached hydrogens (primary N) is 1. The fourth-order valence-electron chi connectivity index (χ4n) is 5.01.